The molecule has 2 heterocycles. The molecule has 0 aromatic carbocycles. The summed E-state index contributed by atoms with van der Waals surface area (Å²) in [5.41, 5.74) is 0. The fourth-order valence-electron chi connectivity index (χ4n) is 2.52. The minimum absolute atomic E-state index is 0.402. The second-order valence-corrected chi connectivity index (χ2v) is 5.88. The molecule has 0 aliphatic carbocycles. The monoisotopic (exact) mass is 322 g/mol. The quantitative estimate of drug-likeness (QED) is 0.533. The molecule has 0 radical (unpaired) electrons. The first-order chi connectivity index (χ1) is 8.68. The molecule has 0 aromatic heterocycles. The van der Waals surface area contributed by atoms with Crippen LogP contribution in [-0.2, 0) is 18.9 Å². The van der Waals surface area contributed by atoms with E-state index in [9.17, 15) is 0 Å². The standard InChI is InChI=1S/C13H23BrO4/c1-12(15-8-9-16-12)5-6-13(4-2-3-7-14)17-10-11-18-13/h2-11H2,1H3. The molecule has 5 heteroatoms. The van der Waals surface area contributed by atoms with Gasteiger partial charge in [-0.25, -0.2) is 0 Å². The van der Waals surface area contributed by atoms with E-state index in [1.54, 1.807) is 0 Å². The Hall–Kier alpha value is 0.320. The minimum Gasteiger partial charge on any atom is -0.348 e. The molecule has 4 nitrogen and oxygen atoms in total. The fraction of sp³-hybridized carbons (Fsp3) is 1.00. The van der Waals surface area contributed by atoms with Crippen molar-refractivity contribution < 1.29 is 18.9 Å². The van der Waals surface area contributed by atoms with Crippen molar-refractivity contribution in [2.45, 2.75) is 50.6 Å². The van der Waals surface area contributed by atoms with E-state index in [1.807, 2.05) is 6.92 Å². The Labute approximate surface area is 117 Å². The van der Waals surface area contributed by atoms with Crippen molar-refractivity contribution in [3.8, 4) is 0 Å². The van der Waals surface area contributed by atoms with Gasteiger partial charge in [-0.05, 0) is 19.8 Å². The second-order valence-electron chi connectivity index (χ2n) is 5.08. The van der Waals surface area contributed by atoms with Crippen LogP contribution in [0.15, 0.2) is 0 Å². The Morgan fingerprint density at radius 3 is 2.06 bits per heavy atom. The molecule has 0 unspecified atom stereocenters. The van der Waals surface area contributed by atoms with Crippen molar-refractivity contribution in [3.05, 3.63) is 0 Å². The van der Waals surface area contributed by atoms with Crippen LogP contribution < -0.4 is 0 Å². The van der Waals surface area contributed by atoms with Crippen LogP contribution in [0.3, 0.4) is 0 Å². The van der Waals surface area contributed by atoms with Gasteiger partial charge in [0.05, 0.1) is 26.4 Å². The lowest BCUT2D eigenvalue weighted by Gasteiger charge is -2.31. The van der Waals surface area contributed by atoms with Gasteiger partial charge in [-0.2, -0.15) is 0 Å². The summed E-state index contributed by atoms with van der Waals surface area (Å²) in [6, 6.07) is 0. The van der Waals surface area contributed by atoms with Crippen LogP contribution in [0, 0.1) is 0 Å². The Kier molecular flexibility index (Phi) is 5.45. The number of alkyl halides is 1. The summed E-state index contributed by atoms with van der Waals surface area (Å²) in [4.78, 5) is 0. The summed E-state index contributed by atoms with van der Waals surface area (Å²) in [5, 5.41) is 1.03. The first-order valence-corrected chi connectivity index (χ1v) is 7.92. The van der Waals surface area contributed by atoms with Crippen LogP contribution in [0.5, 0.6) is 0 Å². The molecule has 2 saturated heterocycles. The van der Waals surface area contributed by atoms with Gasteiger partial charge in [0.1, 0.15) is 0 Å². The fourth-order valence-corrected chi connectivity index (χ4v) is 2.91. The molecule has 2 rings (SSSR count). The van der Waals surface area contributed by atoms with Gasteiger partial charge in [0.15, 0.2) is 11.6 Å². The van der Waals surface area contributed by atoms with Crippen LogP contribution in [0.1, 0.15) is 39.0 Å². The molecule has 2 fully saturated rings. The van der Waals surface area contributed by atoms with E-state index in [0.717, 1.165) is 37.4 Å². The molecule has 0 N–H and O–H groups in total. The van der Waals surface area contributed by atoms with E-state index >= 15 is 0 Å². The second kappa shape index (κ2) is 6.66. The van der Waals surface area contributed by atoms with Crippen molar-refractivity contribution in [1.82, 2.24) is 0 Å². The summed E-state index contributed by atoms with van der Waals surface area (Å²) in [5.74, 6) is -0.849. The van der Waals surface area contributed by atoms with E-state index in [2.05, 4.69) is 15.9 Å². The van der Waals surface area contributed by atoms with E-state index < -0.39 is 11.6 Å². The zero-order valence-electron chi connectivity index (χ0n) is 11.1. The zero-order valence-corrected chi connectivity index (χ0v) is 12.7. The maximum Gasteiger partial charge on any atom is 0.168 e. The number of hydrogen-bond donors (Lipinski definition) is 0. The molecule has 0 aromatic rings. The highest BCUT2D eigenvalue weighted by atomic mass is 79.9. The average Bonchev–Trinajstić information content (AvgIpc) is 2.98. The third kappa shape index (κ3) is 3.90. The summed E-state index contributed by atoms with van der Waals surface area (Å²) in [6.07, 6.45) is 4.88. The Morgan fingerprint density at radius 1 is 0.833 bits per heavy atom. The van der Waals surface area contributed by atoms with Gasteiger partial charge in [0.2, 0.25) is 0 Å². The molecule has 0 amide bonds. The highest BCUT2D eigenvalue weighted by molar-refractivity contribution is 9.09. The van der Waals surface area contributed by atoms with Crippen molar-refractivity contribution >= 4 is 15.9 Å². The normalized spacial score (nSPS) is 25.7. The van der Waals surface area contributed by atoms with Gasteiger partial charge in [0.25, 0.3) is 0 Å². The minimum atomic E-state index is -0.447. The summed E-state index contributed by atoms with van der Waals surface area (Å²) in [7, 11) is 0. The number of unbranched alkanes of at least 4 members (excludes halogenated alkanes) is 1. The predicted molar refractivity (Wildman–Crippen MR) is 71.8 cm³/mol. The molecule has 0 atom stereocenters. The molecule has 2 aliphatic heterocycles. The van der Waals surface area contributed by atoms with Crippen LogP contribution in [-0.4, -0.2) is 43.3 Å². The topological polar surface area (TPSA) is 36.9 Å². The SMILES string of the molecule is CC1(CCC2(CCCCBr)OCCO2)OCCO1. The Morgan fingerprint density at radius 2 is 1.44 bits per heavy atom. The van der Waals surface area contributed by atoms with E-state index in [1.165, 1.54) is 0 Å². The van der Waals surface area contributed by atoms with Crippen LogP contribution in [0.4, 0.5) is 0 Å². The Balaban J connectivity index is 1.81. The maximum atomic E-state index is 5.84. The van der Waals surface area contributed by atoms with Crippen molar-refractivity contribution in [2.24, 2.45) is 0 Å². The van der Waals surface area contributed by atoms with Crippen LogP contribution in [0.25, 0.3) is 0 Å². The molecule has 0 spiro atoms. The molecule has 2 aliphatic rings. The summed E-state index contributed by atoms with van der Waals surface area (Å²) >= 11 is 3.46. The highest BCUT2D eigenvalue weighted by Crippen LogP contribution is 2.35. The molecule has 106 valence electrons. The van der Waals surface area contributed by atoms with Crippen LogP contribution in [0.2, 0.25) is 0 Å². The number of hydrogen-bond acceptors (Lipinski definition) is 4. The van der Waals surface area contributed by atoms with E-state index in [4.69, 9.17) is 18.9 Å². The molecule has 18 heavy (non-hydrogen) atoms. The zero-order chi connectivity index (χ0) is 12.9. The van der Waals surface area contributed by atoms with Crippen molar-refractivity contribution in [1.29, 1.82) is 0 Å². The van der Waals surface area contributed by atoms with Gasteiger partial charge in [0, 0.05) is 24.6 Å². The smallest absolute Gasteiger partial charge is 0.168 e. The van der Waals surface area contributed by atoms with Gasteiger partial charge < -0.3 is 18.9 Å². The summed E-state index contributed by atoms with van der Waals surface area (Å²) < 4.78 is 22.9. The lowest BCUT2D eigenvalue weighted by atomic mass is 10.00. The van der Waals surface area contributed by atoms with E-state index in [-0.39, 0.29) is 0 Å². The molecular formula is C13H23BrO4. The first-order valence-electron chi connectivity index (χ1n) is 6.80. The molecular weight excluding hydrogens is 300 g/mol. The van der Waals surface area contributed by atoms with Crippen molar-refractivity contribution in [3.63, 3.8) is 0 Å². The number of halogens is 1. The van der Waals surface area contributed by atoms with Gasteiger partial charge >= 0.3 is 0 Å². The maximum absolute atomic E-state index is 5.84. The van der Waals surface area contributed by atoms with Gasteiger partial charge in [-0.15, -0.1) is 0 Å². The van der Waals surface area contributed by atoms with Crippen molar-refractivity contribution in [2.75, 3.05) is 31.8 Å². The molecule has 0 bridgehead atoms. The first kappa shape index (κ1) is 14.7. The average molecular weight is 323 g/mol. The predicted octanol–water partition coefficient (Wildman–Crippen LogP) is 2.84. The lowest BCUT2D eigenvalue weighted by molar-refractivity contribution is -0.200. The third-order valence-corrected chi connectivity index (χ3v) is 4.17. The number of ether oxygens (including phenoxy) is 4. The van der Waals surface area contributed by atoms with E-state index in [0.29, 0.717) is 26.4 Å². The third-order valence-electron chi connectivity index (χ3n) is 3.61. The Bertz CT molecular complexity index is 247. The van der Waals surface area contributed by atoms with Crippen LogP contribution >= 0.6 is 15.9 Å². The number of rotatable bonds is 7. The largest absolute Gasteiger partial charge is 0.348 e. The van der Waals surface area contributed by atoms with Gasteiger partial charge in [-0.3, -0.25) is 0 Å². The summed E-state index contributed by atoms with van der Waals surface area (Å²) in [6.45, 7) is 4.78. The molecule has 0 saturated carbocycles. The lowest BCUT2D eigenvalue weighted by Crippen LogP contribution is -2.35. The van der Waals surface area contributed by atoms with Gasteiger partial charge in [-0.1, -0.05) is 15.9 Å². The highest BCUT2D eigenvalue weighted by Gasteiger charge is 2.40.